The van der Waals surface area contributed by atoms with Crippen LogP contribution in [0.3, 0.4) is 0 Å². The molecule has 83 heavy (non-hydrogen) atoms. The average Bonchev–Trinajstić information content (AvgIpc) is 3.90. The van der Waals surface area contributed by atoms with Crippen LogP contribution in [-0.2, 0) is 35.0 Å². The molecule has 1 saturated heterocycles. The Morgan fingerprint density at radius 2 is 1.52 bits per heavy atom. The van der Waals surface area contributed by atoms with E-state index in [0.717, 1.165) is 23.5 Å². The highest BCUT2D eigenvalue weighted by atomic mass is 16.7. The van der Waals surface area contributed by atoms with Crippen molar-refractivity contribution in [3.05, 3.63) is 128 Å². The molecule has 4 heterocycles. The number of esters is 1. The van der Waals surface area contributed by atoms with Gasteiger partial charge in [0.1, 0.15) is 41.9 Å². The van der Waals surface area contributed by atoms with Crippen LogP contribution in [0.4, 0.5) is 0 Å². The molecule has 0 bridgehead atoms. The van der Waals surface area contributed by atoms with E-state index in [-0.39, 0.29) is 73.3 Å². The molecule has 0 spiro atoms. The van der Waals surface area contributed by atoms with Gasteiger partial charge in [-0.15, -0.1) is 0 Å². The zero-order valence-corrected chi connectivity index (χ0v) is 48.5. The number of ether oxygens (including phenoxy) is 6. The lowest BCUT2D eigenvalue weighted by Crippen LogP contribution is -2.58. The number of carbonyl (C=O) groups is 3. The maximum atomic E-state index is 12.2. The Hall–Kier alpha value is -6.46. The first kappa shape index (κ1) is 69.0. The van der Waals surface area contributed by atoms with Gasteiger partial charge in [-0.2, -0.15) is 0 Å². The van der Waals surface area contributed by atoms with Crippen LogP contribution in [0.2, 0.25) is 0 Å². The molecule has 1 saturated carbocycles. The molecule has 3 aliphatic heterocycles. The van der Waals surface area contributed by atoms with Gasteiger partial charge in [0.25, 0.3) is 0 Å². The minimum atomic E-state index is -1.52. The fourth-order valence-electron chi connectivity index (χ4n) is 9.58. The number of carbonyl (C=O) groups excluding carboxylic acids is 3. The van der Waals surface area contributed by atoms with Gasteiger partial charge in [-0.25, -0.2) is 0 Å². The zero-order chi connectivity index (χ0) is 60.9. The highest BCUT2D eigenvalue weighted by Crippen LogP contribution is 2.45. The second-order valence-electron chi connectivity index (χ2n) is 21.3. The SMILES string of the molecule is C.C/C=C1/[C@H](OC2CC(CO)C(O)C(O)C2O)OC=C(C(C)=O)[C@H]1CC(=O)OCCC.C/C=C1\Oc2c(ccc(OC3OC(C)C(O)C(O)C3O)c2O)C1=O.CCC(C)C(C)Cc1ccc(C)c(O)c1.Cc1ccc2c(=O)c(C)coc2c1. The summed E-state index contributed by atoms with van der Waals surface area (Å²) in [5.41, 5.74) is 5.68. The van der Waals surface area contributed by atoms with Gasteiger partial charge in [0, 0.05) is 35.2 Å². The van der Waals surface area contributed by atoms with Crippen LogP contribution in [-0.4, -0.2) is 138 Å². The van der Waals surface area contributed by atoms with Crippen LogP contribution in [0.15, 0.2) is 99.3 Å². The predicted molar refractivity (Wildman–Crippen MR) is 308 cm³/mol. The summed E-state index contributed by atoms with van der Waals surface area (Å²) in [6.07, 6.45) is -3.50. The molecule has 1 aliphatic carbocycles. The normalized spacial score (nSPS) is 27.1. The molecule has 8 rings (SSSR count). The number of phenolic OH excluding ortho intramolecular Hbond substituents is 2. The summed E-state index contributed by atoms with van der Waals surface area (Å²) in [5.74, 6) is -0.938. The zero-order valence-electron chi connectivity index (χ0n) is 48.5. The quantitative estimate of drug-likeness (QED) is 0.0341. The van der Waals surface area contributed by atoms with Crippen LogP contribution >= 0.6 is 0 Å². The second-order valence-corrected chi connectivity index (χ2v) is 21.3. The van der Waals surface area contributed by atoms with Crippen LogP contribution in [0, 0.1) is 44.4 Å². The number of aliphatic hydroxyl groups excluding tert-OH is 7. The van der Waals surface area contributed by atoms with Gasteiger partial charge >= 0.3 is 5.97 Å². The van der Waals surface area contributed by atoms with E-state index in [9.17, 15) is 65.1 Å². The van der Waals surface area contributed by atoms with Gasteiger partial charge in [-0.3, -0.25) is 19.2 Å². The number of allylic oxidation sites excluding steroid dienone is 4. The van der Waals surface area contributed by atoms with Gasteiger partial charge in [0.15, 0.2) is 28.5 Å². The Morgan fingerprint density at radius 3 is 2.13 bits per heavy atom. The first-order valence-corrected chi connectivity index (χ1v) is 27.7. The predicted octanol–water partition coefficient (Wildman–Crippen LogP) is 7.25. The van der Waals surface area contributed by atoms with Crippen molar-refractivity contribution < 1.29 is 93.2 Å². The molecule has 4 aliphatic rings. The van der Waals surface area contributed by atoms with Crippen LogP contribution in [0.25, 0.3) is 11.0 Å². The topological polar surface area (TPSA) is 319 Å². The number of aliphatic hydroxyl groups is 7. The lowest BCUT2D eigenvalue weighted by molar-refractivity contribution is -0.268. The van der Waals surface area contributed by atoms with Crippen molar-refractivity contribution in [2.24, 2.45) is 23.7 Å². The van der Waals surface area contributed by atoms with Crippen molar-refractivity contribution in [1.82, 2.24) is 0 Å². The second kappa shape index (κ2) is 31.4. The molecule has 20 heteroatoms. The summed E-state index contributed by atoms with van der Waals surface area (Å²) >= 11 is 0. The van der Waals surface area contributed by atoms with Crippen LogP contribution in [0.1, 0.15) is 121 Å². The first-order valence-electron chi connectivity index (χ1n) is 27.7. The first-order chi connectivity index (χ1) is 38.8. The molecule has 14 atom stereocenters. The van der Waals surface area contributed by atoms with E-state index in [4.69, 9.17) is 32.8 Å². The Labute approximate surface area is 485 Å². The van der Waals surface area contributed by atoms with E-state index in [2.05, 4.69) is 26.8 Å². The van der Waals surface area contributed by atoms with Crippen molar-refractivity contribution in [1.29, 1.82) is 0 Å². The molecule has 458 valence electrons. The number of ketones is 2. The molecule has 1 aromatic heterocycles. The van der Waals surface area contributed by atoms with E-state index in [1.165, 1.54) is 56.6 Å². The molecule has 3 aromatic carbocycles. The van der Waals surface area contributed by atoms with Crippen molar-refractivity contribution in [3.63, 3.8) is 0 Å². The fourth-order valence-corrected chi connectivity index (χ4v) is 9.58. The molecule has 12 unspecified atom stereocenters. The van der Waals surface area contributed by atoms with Gasteiger partial charge in [-0.1, -0.05) is 65.8 Å². The minimum Gasteiger partial charge on any atom is -0.508 e. The maximum absolute atomic E-state index is 12.2. The van der Waals surface area contributed by atoms with E-state index in [0.29, 0.717) is 45.8 Å². The third kappa shape index (κ3) is 17.1. The van der Waals surface area contributed by atoms with Crippen molar-refractivity contribution in [3.8, 4) is 23.0 Å². The van der Waals surface area contributed by atoms with Crippen LogP contribution < -0.4 is 14.9 Å². The van der Waals surface area contributed by atoms with Gasteiger partial charge in [0.2, 0.25) is 24.1 Å². The monoisotopic (exact) mass is 1160 g/mol. The van der Waals surface area contributed by atoms with Crippen molar-refractivity contribution >= 4 is 28.5 Å². The summed E-state index contributed by atoms with van der Waals surface area (Å²) in [7, 11) is 0. The summed E-state index contributed by atoms with van der Waals surface area (Å²) in [6.45, 7) is 20.5. The largest absolute Gasteiger partial charge is 0.508 e. The van der Waals surface area contributed by atoms with Crippen LogP contribution in [0.5, 0.6) is 23.0 Å². The molecular formula is C63H86O20. The molecule has 4 aromatic rings. The highest BCUT2D eigenvalue weighted by molar-refractivity contribution is 6.13. The number of aryl methyl sites for hydroxylation is 3. The number of hydrogen-bond acceptors (Lipinski definition) is 20. The summed E-state index contributed by atoms with van der Waals surface area (Å²) in [6, 6.07) is 14.4. The van der Waals surface area contributed by atoms with Gasteiger partial charge in [0.05, 0.1) is 54.8 Å². The summed E-state index contributed by atoms with van der Waals surface area (Å²) in [5, 5.41) is 89.8. The van der Waals surface area contributed by atoms with E-state index in [1.807, 2.05) is 51.1 Å². The number of rotatable bonds is 14. The smallest absolute Gasteiger partial charge is 0.306 e. The van der Waals surface area contributed by atoms with Gasteiger partial charge in [-0.05, 0) is 133 Å². The summed E-state index contributed by atoms with van der Waals surface area (Å²) < 4.78 is 38.0. The number of aromatic hydroxyl groups is 2. The standard InChI is InChI=1S/C21H32O9.C16H18O8.C14H22O.C11H10O2.CH4/c1-4-6-28-17(24)8-14-13(5-2)21(29-10-15(14)11(3)23)30-16-7-12(9-22)18(25)20(27)19(16)26;1-3-8-11(18)7-4-5-9(12(19)15(7)23-8)24-16-14(21)13(20)10(17)6(2)22-16;1-5-10(2)12(4)8-13-7-6-11(3)14(15)9-13;1-7-3-4-9-10(5-7)13-6-8(2)11(9)12;/h5,10,12,14,16,18-22,25-27H,4,6-9H2,1-3H3;3-6,10,13-14,16-17,19-21H,1-2H3;6-7,9-10,12,15H,5,8H2,1-4H3;3-6H,1-2H3;1H4/b13-5+;8-3-;;;/t12?,14-,16?,18?,19?,20?,21-;;;;/m0..../s1. The average molecular weight is 1160 g/mol. The van der Waals surface area contributed by atoms with E-state index in [1.54, 1.807) is 26.8 Å². The third-order valence-corrected chi connectivity index (χ3v) is 15.2. The molecule has 20 nitrogen and oxygen atoms in total. The molecule has 9 N–H and O–H groups in total. The molecule has 2 fully saturated rings. The number of Topliss-reactive ketones (excluding diaryl/α,β-unsaturated/α-hetero) is 2. The van der Waals surface area contributed by atoms with Gasteiger partial charge < -0.3 is 78.8 Å². The minimum absolute atomic E-state index is 0. The lowest BCUT2D eigenvalue weighted by atomic mass is 9.80. The Kier molecular flexibility index (Phi) is 26.2. The Bertz CT molecular complexity index is 2980. The molecule has 0 amide bonds. The van der Waals surface area contributed by atoms with Crippen molar-refractivity contribution in [2.75, 3.05) is 13.2 Å². The number of hydrogen-bond donors (Lipinski definition) is 9. The fraction of sp³-hybridized carbons (Fsp3) is 0.524. The molecule has 0 radical (unpaired) electrons. The number of fused-ring (bicyclic) bond motifs is 2. The van der Waals surface area contributed by atoms with E-state index >= 15 is 0 Å². The number of benzene rings is 3. The number of phenols is 2. The van der Waals surface area contributed by atoms with Crippen molar-refractivity contribution in [2.45, 2.75) is 177 Å². The van der Waals surface area contributed by atoms with E-state index < -0.39 is 85.0 Å². The maximum Gasteiger partial charge on any atom is 0.306 e. The Balaban J connectivity index is 0.000000249. The summed E-state index contributed by atoms with van der Waals surface area (Å²) in [4.78, 5) is 47.9. The highest BCUT2D eigenvalue weighted by Gasteiger charge is 2.46. The third-order valence-electron chi connectivity index (χ3n) is 15.2. The Morgan fingerprint density at radius 1 is 0.831 bits per heavy atom. The lowest BCUT2D eigenvalue weighted by Gasteiger charge is -2.42. The molecular weight excluding hydrogens is 1080 g/mol.